The smallest absolute Gasteiger partial charge is 0.327 e. The molecule has 19 heavy (non-hydrogen) atoms. The second-order valence-electron chi connectivity index (χ2n) is 5.42. The highest BCUT2D eigenvalue weighted by molar-refractivity contribution is 5.37. The minimum absolute atomic E-state index is 0.00814. The highest BCUT2D eigenvalue weighted by Gasteiger charge is 2.53. The molecule has 106 valence electrons. The molecule has 0 amide bonds. The van der Waals surface area contributed by atoms with Crippen molar-refractivity contribution in [1.29, 1.82) is 0 Å². The van der Waals surface area contributed by atoms with Crippen LogP contribution >= 0.6 is 0 Å². The minimum atomic E-state index is -4.29. The van der Waals surface area contributed by atoms with Crippen LogP contribution < -0.4 is 5.73 Å². The number of hydrogen-bond donors (Lipinski definition) is 1. The Morgan fingerprint density at radius 1 is 1.21 bits per heavy atom. The number of halogens is 3. The van der Waals surface area contributed by atoms with E-state index in [-0.39, 0.29) is 17.4 Å². The first kappa shape index (κ1) is 14.4. The molecule has 4 heteroatoms. The predicted octanol–water partition coefficient (Wildman–Crippen LogP) is 4.33. The van der Waals surface area contributed by atoms with Crippen molar-refractivity contribution in [3.8, 4) is 0 Å². The maximum Gasteiger partial charge on any atom is 0.416 e. The van der Waals surface area contributed by atoms with E-state index in [0.29, 0.717) is 12.0 Å². The van der Waals surface area contributed by atoms with Crippen LogP contribution in [0.3, 0.4) is 0 Å². The van der Waals surface area contributed by atoms with E-state index in [1.54, 1.807) is 12.1 Å². The Bertz CT molecular complexity index is 449. The lowest BCUT2D eigenvalue weighted by molar-refractivity contribution is -0.139. The van der Waals surface area contributed by atoms with Gasteiger partial charge in [0.25, 0.3) is 0 Å². The zero-order valence-electron chi connectivity index (χ0n) is 11.3. The third-order valence-electron chi connectivity index (χ3n) is 4.88. The summed E-state index contributed by atoms with van der Waals surface area (Å²) in [5.74, 6) is -0.0738. The molecule has 2 unspecified atom stereocenters. The van der Waals surface area contributed by atoms with E-state index < -0.39 is 11.7 Å². The van der Waals surface area contributed by atoms with E-state index in [1.165, 1.54) is 12.1 Å². The SMILES string of the molecule is CCC1(CC)C(N)CC1c1ccccc1C(F)(F)F. The average molecular weight is 271 g/mol. The minimum Gasteiger partial charge on any atom is -0.327 e. The lowest BCUT2D eigenvalue weighted by Gasteiger charge is -2.55. The molecule has 1 fully saturated rings. The molecule has 0 heterocycles. The molecule has 1 aliphatic carbocycles. The molecular formula is C15H20F3N. The normalized spacial score (nSPS) is 26.0. The largest absolute Gasteiger partial charge is 0.416 e. The fraction of sp³-hybridized carbons (Fsp3) is 0.600. The van der Waals surface area contributed by atoms with E-state index in [1.807, 2.05) is 13.8 Å². The van der Waals surface area contributed by atoms with E-state index in [0.717, 1.165) is 12.8 Å². The zero-order valence-corrected chi connectivity index (χ0v) is 11.3. The van der Waals surface area contributed by atoms with Gasteiger partial charge in [0, 0.05) is 6.04 Å². The van der Waals surface area contributed by atoms with Gasteiger partial charge in [-0.25, -0.2) is 0 Å². The third-order valence-corrected chi connectivity index (χ3v) is 4.88. The van der Waals surface area contributed by atoms with Crippen LogP contribution in [0.2, 0.25) is 0 Å². The van der Waals surface area contributed by atoms with Gasteiger partial charge in [0.15, 0.2) is 0 Å². The van der Waals surface area contributed by atoms with Crippen LogP contribution in [0, 0.1) is 5.41 Å². The summed E-state index contributed by atoms with van der Waals surface area (Å²) in [6, 6.07) is 5.93. The van der Waals surface area contributed by atoms with Gasteiger partial charge in [-0.1, -0.05) is 32.0 Å². The summed E-state index contributed by atoms with van der Waals surface area (Å²) in [6.45, 7) is 4.04. The summed E-state index contributed by atoms with van der Waals surface area (Å²) in [4.78, 5) is 0. The van der Waals surface area contributed by atoms with Crippen LogP contribution in [0.4, 0.5) is 13.2 Å². The molecule has 0 radical (unpaired) electrons. The zero-order chi connectivity index (χ0) is 14.3. The summed E-state index contributed by atoms with van der Waals surface area (Å²) in [5.41, 5.74) is 5.82. The van der Waals surface area contributed by atoms with Crippen LogP contribution in [0.15, 0.2) is 24.3 Å². The van der Waals surface area contributed by atoms with Gasteiger partial charge in [-0.3, -0.25) is 0 Å². The summed E-state index contributed by atoms with van der Waals surface area (Å²) < 4.78 is 39.3. The van der Waals surface area contributed by atoms with Crippen molar-refractivity contribution in [2.24, 2.45) is 11.1 Å². The molecule has 0 spiro atoms. The van der Waals surface area contributed by atoms with Crippen molar-refractivity contribution in [1.82, 2.24) is 0 Å². The summed E-state index contributed by atoms with van der Waals surface area (Å²) in [7, 11) is 0. The highest BCUT2D eigenvalue weighted by Crippen LogP contribution is 2.57. The maximum atomic E-state index is 13.1. The van der Waals surface area contributed by atoms with Crippen LogP contribution in [0.5, 0.6) is 0 Å². The van der Waals surface area contributed by atoms with Gasteiger partial charge < -0.3 is 5.73 Å². The van der Waals surface area contributed by atoms with Crippen molar-refractivity contribution in [2.45, 2.75) is 51.2 Å². The Kier molecular flexibility index (Phi) is 3.65. The lowest BCUT2D eigenvalue weighted by atomic mass is 9.51. The Morgan fingerprint density at radius 2 is 1.79 bits per heavy atom. The van der Waals surface area contributed by atoms with Crippen molar-refractivity contribution in [2.75, 3.05) is 0 Å². The first-order valence-electron chi connectivity index (χ1n) is 6.78. The summed E-state index contributed by atoms with van der Waals surface area (Å²) in [5, 5.41) is 0. The van der Waals surface area contributed by atoms with Gasteiger partial charge in [0.1, 0.15) is 0 Å². The van der Waals surface area contributed by atoms with Gasteiger partial charge in [-0.15, -0.1) is 0 Å². The van der Waals surface area contributed by atoms with E-state index >= 15 is 0 Å². The van der Waals surface area contributed by atoms with Crippen molar-refractivity contribution >= 4 is 0 Å². The Balaban J connectivity index is 2.44. The molecule has 2 atom stereocenters. The fourth-order valence-electron chi connectivity index (χ4n) is 3.58. The first-order valence-corrected chi connectivity index (χ1v) is 6.78. The highest BCUT2D eigenvalue weighted by atomic mass is 19.4. The van der Waals surface area contributed by atoms with Crippen LogP contribution in [0.1, 0.15) is 50.2 Å². The van der Waals surface area contributed by atoms with Crippen LogP contribution in [-0.4, -0.2) is 6.04 Å². The molecule has 1 aromatic rings. The summed E-state index contributed by atoms with van der Waals surface area (Å²) >= 11 is 0. The summed E-state index contributed by atoms with van der Waals surface area (Å²) in [6.07, 6.45) is -2.00. The van der Waals surface area contributed by atoms with Gasteiger partial charge in [-0.2, -0.15) is 13.2 Å². The molecule has 0 saturated heterocycles. The molecule has 2 rings (SSSR count). The van der Waals surface area contributed by atoms with Gasteiger partial charge in [0.05, 0.1) is 5.56 Å². The van der Waals surface area contributed by atoms with Gasteiger partial charge >= 0.3 is 6.18 Å². The topological polar surface area (TPSA) is 26.0 Å². The molecule has 0 aliphatic heterocycles. The van der Waals surface area contributed by atoms with Gasteiger partial charge in [-0.05, 0) is 42.2 Å². The van der Waals surface area contributed by atoms with Crippen LogP contribution in [0.25, 0.3) is 0 Å². The quantitative estimate of drug-likeness (QED) is 0.870. The Labute approximate surface area is 112 Å². The lowest BCUT2D eigenvalue weighted by Crippen LogP contribution is -2.56. The molecule has 2 N–H and O–H groups in total. The second kappa shape index (κ2) is 4.82. The Morgan fingerprint density at radius 3 is 2.26 bits per heavy atom. The standard InChI is InChI=1S/C15H20F3N/c1-3-14(4-2)12(9-13(14)19)10-7-5-6-8-11(10)15(16,17)18/h5-8,12-13H,3-4,9,19H2,1-2H3. The van der Waals surface area contributed by atoms with E-state index in [4.69, 9.17) is 5.73 Å². The Hall–Kier alpha value is -1.03. The van der Waals surface area contributed by atoms with E-state index in [2.05, 4.69) is 0 Å². The molecule has 0 bridgehead atoms. The molecule has 0 aromatic heterocycles. The molecule has 1 nitrogen and oxygen atoms in total. The van der Waals surface area contributed by atoms with E-state index in [9.17, 15) is 13.2 Å². The van der Waals surface area contributed by atoms with Crippen LogP contribution in [-0.2, 0) is 6.18 Å². The number of benzene rings is 1. The molecule has 1 aliphatic rings. The molecule has 1 aromatic carbocycles. The molecule has 1 saturated carbocycles. The van der Waals surface area contributed by atoms with Crippen molar-refractivity contribution in [3.05, 3.63) is 35.4 Å². The van der Waals surface area contributed by atoms with Crippen molar-refractivity contribution < 1.29 is 13.2 Å². The molecular weight excluding hydrogens is 251 g/mol. The third kappa shape index (κ3) is 2.16. The predicted molar refractivity (Wildman–Crippen MR) is 69.8 cm³/mol. The maximum absolute atomic E-state index is 13.1. The van der Waals surface area contributed by atoms with Crippen molar-refractivity contribution in [3.63, 3.8) is 0 Å². The first-order chi connectivity index (χ1) is 8.86. The number of alkyl halides is 3. The monoisotopic (exact) mass is 271 g/mol. The number of nitrogens with two attached hydrogens (primary N) is 1. The number of rotatable bonds is 3. The average Bonchev–Trinajstić information content (AvgIpc) is 2.36. The van der Waals surface area contributed by atoms with Gasteiger partial charge in [0.2, 0.25) is 0 Å². The number of hydrogen-bond acceptors (Lipinski definition) is 1. The fourth-order valence-corrected chi connectivity index (χ4v) is 3.58. The second-order valence-corrected chi connectivity index (χ2v) is 5.42.